The first kappa shape index (κ1) is 11.6. The highest BCUT2D eigenvalue weighted by Gasteiger charge is 2.09. The molecule has 0 N–H and O–H groups in total. The zero-order valence-corrected chi connectivity index (χ0v) is 11.6. The van der Waals surface area contributed by atoms with Gasteiger partial charge in [0.2, 0.25) is 0 Å². The first-order valence-electron chi connectivity index (χ1n) is 6.48. The van der Waals surface area contributed by atoms with E-state index in [1.165, 1.54) is 0 Å². The molecule has 4 rings (SSSR count). The normalized spacial score (nSPS) is 11.5. The number of nitrogens with zero attached hydrogens (tertiary/aromatic N) is 2. The lowest BCUT2D eigenvalue weighted by Gasteiger charge is -2.08. The molecule has 0 radical (unpaired) electrons. The Morgan fingerprint density at radius 1 is 0.850 bits per heavy atom. The number of rotatable bonds is 0. The van der Waals surface area contributed by atoms with Crippen molar-refractivity contribution in [1.29, 1.82) is 0 Å². The van der Waals surface area contributed by atoms with Gasteiger partial charge in [-0.3, -0.25) is 4.98 Å². The van der Waals surface area contributed by atoms with Crippen LogP contribution < -0.4 is 0 Å². The van der Waals surface area contributed by atoms with Crippen LogP contribution in [-0.2, 0) is 0 Å². The Labute approximate surface area is 121 Å². The Kier molecular flexibility index (Phi) is 2.41. The molecule has 0 atom stereocenters. The Bertz CT molecular complexity index is 977. The second-order valence-corrected chi connectivity index (χ2v) is 5.37. The van der Waals surface area contributed by atoms with Gasteiger partial charge in [0.1, 0.15) is 0 Å². The second-order valence-electron chi connectivity index (χ2n) is 4.94. The highest BCUT2D eigenvalue weighted by molar-refractivity contribution is 6.31. The van der Waals surface area contributed by atoms with Crippen LogP contribution in [0.15, 0.2) is 48.5 Å². The summed E-state index contributed by atoms with van der Waals surface area (Å²) in [4.78, 5) is 9.46. The summed E-state index contributed by atoms with van der Waals surface area (Å²) in [5.41, 5.74) is 3.89. The summed E-state index contributed by atoms with van der Waals surface area (Å²) in [5.74, 6) is 0. The number of fused-ring (bicyclic) bond motifs is 4. The number of para-hydroxylation sites is 1. The van der Waals surface area contributed by atoms with Crippen molar-refractivity contribution < 1.29 is 0 Å². The van der Waals surface area contributed by atoms with Crippen LogP contribution in [0.25, 0.3) is 32.7 Å². The second kappa shape index (κ2) is 4.15. The summed E-state index contributed by atoms with van der Waals surface area (Å²) < 4.78 is 0. The summed E-state index contributed by atoms with van der Waals surface area (Å²) in [6.45, 7) is 2.02. The molecular weight excluding hydrogens is 268 g/mol. The van der Waals surface area contributed by atoms with E-state index < -0.39 is 0 Å². The van der Waals surface area contributed by atoms with E-state index >= 15 is 0 Å². The van der Waals surface area contributed by atoms with Gasteiger partial charge in [0.25, 0.3) is 0 Å². The number of pyridine rings is 2. The fourth-order valence-corrected chi connectivity index (χ4v) is 2.81. The van der Waals surface area contributed by atoms with Crippen molar-refractivity contribution in [2.45, 2.75) is 6.92 Å². The summed E-state index contributed by atoms with van der Waals surface area (Å²) >= 11 is 6.12. The quantitative estimate of drug-likeness (QED) is 0.338. The Morgan fingerprint density at radius 2 is 1.70 bits per heavy atom. The Morgan fingerprint density at radius 3 is 2.60 bits per heavy atom. The monoisotopic (exact) mass is 278 g/mol. The average Bonchev–Trinajstić information content (AvgIpc) is 2.47. The van der Waals surface area contributed by atoms with E-state index in [0.717, 1.165) is 38.4 Å². The number of halogens is 1. The molecule has 0 aliphatic carbocycles. The molecular formula is C17H11ClN2. The first-order chi connectivity index (χ1) is 9.72. The van der Waals surface area contributed by atoms with E-state index in [-0.39, 0.29) is 0 Å². The molecule has 20 heavy (non-hydrogen) atoms. The van der Waals surface area contributed by atoms with E-state index in [2.05, 4.69) is 17.1 Å². The molecule has 3 heteroatoms. The molecule has 2 nitrogen and oxygen atoms in total. The van der Waals surface area contributed by atoms with Gasteiger partial charge in [0.15, 0.2) is 0 Å². The van der Waals surface area contributed by atoms with Gasteiger partial charge < -0.3 is 0 Å². The van der Waals surface area contributed by atoms with Gasteiger partial charge in [-0.25, -0.2) is 4.98 Å². The number of hydrogen-bond acceptors (Lipinski definition) is 2. The van der Waals surface area contributed by atoms with Gasteiger partial charge in [0.05, 0.1) is 16.6 Å². The topological polar surface area (TPSA) is 25.8 Å². The van der Waals surface area contributed by atoms with E-state index in [1.54, 1.807) is 0 Å². The molecule has 0 saturated heterocycles. The van der Waals surface area contributed by atoms with Crippen molar-refractivity contribution in [1.82, 2.24) is 9.97 Å². The van der Waals surface area contributed by atoms with Crippen LogP contribution in [0.3, 0.4) is 0 Å². The van der Waals surface area contributed by atoms with Crippen LogP contribution in [0, 0.1) is 6.92 Å². The minimum absolute atomic E-state index is 0.708. The number of hydrogen-bond donors (Lipinski definition) is 0. The van der Waals surface area contributed by atoms with Crippen LogP contribution in [-0.4, -0.2) is 9.97 Å². The van der Waals surface area contributed by atoms with Gasteiger partial charge in [-0.05, 0) is 37.3 Å². The highest BCUT2D eigenvalue weighted by atomic mass is 35.5. The fraction of sp³-hybridized carbons (Fsp3) is 0.0588. The third kappa shape index (κ3) is 1.65. The smallest absolute Gasteiger partial charge is 0.0822 e. The molecule has 0 unspecified atom stereocenters. The standard InChI is InChI=1S/C17H11ClN2/c1-10-13-8-11-4-2-3-5-15(11)20-17(13)14-9-12(18)6-7-16(14)19-10/h2-9H,1H3. The van der Waals surface area contributed by atoms with Crippen molar-refractivity contribution >= 4 is 44.3 Å². The third-order valence-electron chi connectivity index (χ3n) is 3.62. The molecule has 0 spiro atoms. The SMILES string of the molecule is Cc1nc2ccc(Cl)cc2c2nc3ccccc3cc12. The highest BCUT2D eigenvalue weighted by Crippen LogP contribution is 2.29. The maximum atomic E-state index is 6.12. The van der Waals surface area contributed by atoms with Crippen molar-refractivity contribution in [3.05, 3.63) is 59.2 Å². The van der Waals surface area contributed by atoms with E-state index in [0.29, 0.717) is 5.02 Å². The minimum Gasteiger partial charge on any atom is -0.252 e. The lowest BCUT2D eigenvalue weighted by Crippen LogP contribution is -1.91. The van der Waals surface area contributed by atoms with E-state index in [1.807, 2.05) is 43.3 Å². The van der Waals surface area contributed by atoms with Gasteiger partial charge in [0, 0.05) is 26.9 Å². The third-order valence-corrected chi connectivity index (χ3v) is 3.85. The molecule has 0 fully saturated rings. The Hall–Kier alpha value is -2.19. The van der Waals surface area contributed by atoms with Gasteiger partial charge in [-0.15, -0.1) is 0 Å². The van der Waals surface area contributed by atoms with Crippen molar-refractivity contribution in [3.8, 4) is 0 Å². The minimum atomic E-state index is 0.708. The van der Waals surface area contributed by atoms with Crippen LogP contribution in [0.1, 0.15) is 5.69 Å². The van der Waals surface area contributed by atoms with Crippen LogP contribution >= 0.6 is 11.6 Å². The predicted molar refractivity (Wildman–Crippen MR) is 84.3 cm³/mol. The molecule has 2 aromatic heterocycles. The van der Waals surface area contributed by atoms with Crippen molar-refractivity contribution in [2.24, 2.45) is 0 Å². The molecule has 0 aliphatic rings. The van der Waals surface area contributed by atoms with Crippen LogP contribution in [0.5, 0.6) is 0 Å². The summed E-state index contributed by atoms with van der Waals surface area (Å²) in [5, 5.41) is 3.92. The summed E-state index contributed by atoms with van der Waals surface area (Å²) in [6.07, 6.45) is 0. The zero-order chi connectivity index (χ0) is 13.7. The maximum Gasteiger partial charge on any atom is 0.0822 e. The average molecular weight is 279 g/mol. The number of aryl methyl sites for hydroxylation is 1. The number of benzene rings is 2. The Balaban J connectivity index is 2.29. The van der Waals surface area contributed by atoms with Gasteiger partial charge in [-0.1, -0.05) is 29.8 Å². The van der Waals surface area contributed by atoms with Crippen molar-refractivity contribution in [3.63, 3.8) is 0 Å². The molecule has 0 saturated carbocycles. The van der Waals surface area contributed by atoms with Crippen LogP contribution in [0.2, 0.25) is 5.02 Å². The lowest BCUT2D eigenvalue weighted by molar-refractivity contribution is 1.28. The molecule has 96 valence electrons. The van der Waals surface area contributed by atoms with E-state index in [9.17, 15) is 0 Å². The zero-order valence-electron chi connectivity index (χ0n) is 10.9. The largest absolute Gasteiger partial charge is 0.252 e. The van der Waals surface area contributed by atoms with Gasteiger partial charge >= 0.3 is 0 Å². The van der Waals surface area contributed by atoms with Crippen LogP contribution in [0.4, 0.5) is 0 Å². The molecule has 4 aromatic rings. The lowest BCUT2D eigenvalue weighted by atomic mass is 10.1. The first-order valence-corrected chi connectivity index (χ1v) is 6.85. The number of aromatic nitrogens is 2. The fourth-order valence-electron chi connectivity index (χ4n) is 2.63. The summed E-state index contributed by atoms with van der Waals surface area (Å²) in [6, 6.07) is 16.0. The maximum absolute atomic E-state index is 6.12. The summed E-state index contributed by atoms with van der Waals surface area (Å²) in [7, 11) is 0. The molecule has 0 bridgehead atoms. The molecule has 0 aliphatic heterocycles. The molecule has 2 heterocycles. The van der Waals surface area contributed by atoms with Gasteiger partial charge in [-0.2, -0.15) is 0 Å². The van der Waals surface area contributed by atoms with E-state index in [4.69, 9.17) is 16.6 Å². The molecule has 2 aromatic carbocycles. The predicted octanol–water partition coefficient (Wildman–Crippen LogP) is 4.90. The molecule has 0 amide bonds. The van der Waals surface area contributed by atoms with Crippen molar-refractivity contribution in [2.75, 3.05) is 0 Å².